The van der Waals surface area contributed by atoms with Crippen molar-refractivity contribution in [2.24, 2.45) is 0 Å². The molecule has 3 rings (SSSR count). The van der Waals surface area contributed by atoms with Crippen LogP contribution in [0, 0.1) is 6.92 Å². The summed E-state index contributed by atoms with van der Waals surface area (Å²) in [7, 11) is -3.94. The molecule has 0 aliphatic carbocycles. The van der Waals surface area contributed by atoms with E-state index in [0.29, 0.717) is 17.3 Å². The van der Waals surface area contributed by atoms with Gasteiger partial charge in [0.2, 0.25) is 11.7 Å². The van der Waals surface area contributed by atoms with E-state index < -0.39 is 15.9 Å². The fourth-order valence-electron chi connectivity index (χ4n) is 2.04. The maximum Gasteiger partial charge on any atom is 0.264 e. The number of sulfonamides is 1. The number of halogens is 1. The highest BCUT2D eigenvalue weighted by atomic mass is 79.9. The van der Waals surface area contributed by atoms with Crippen molar-refractivity contribution in [3.8, 4) is 11.4 Å². The van der Waals surface area contributed by atoms with Crippen LogP contribution in [0.2, 0.25) is 0 Å². The molecule has 0 aliphatic rings. The molecule has 0 fully saturated rings. The van der Waals surface area contributed by atoms with Gasteiger partial charge in [-0.2, -0.15) is 4.98 Å². The standard InChI is InChI=1S/C16H12BrN3O4S/c1-10-18-15(19-24-10)11-2-4-12(5-3-11)16(21)20-25(22,23)14-8-6-13(17)7-9-14/h2-9H,1H3,(H,20,21). The molecule has 1 aromatic heterocycles. The smallest absolute Gasteiger partial charge is 0.264 e. The predicted octanol–water partition coefficient (Wildman–Crippen LogP) is 2.93. The van der Waals surface area contributed by atoms with Crippen molar-refractivity contribution in [1.82, 2.24) is 14.9 Å². The zero-order valence-electron chi connectivity index (χ0n) is 12.9. The molecule has 7 nitrogen and oxygen atoms in total. The van der Waals surface area contributed by atoms with Crippen LogP contribution >= 0.6 is 15.9 Å². The Morgan fingerprint density at radius 2 is 1.72 bits per heavy atom. The van der Waals surface area contributed by atoms with Gasteiger partial charge in [-0.1, -0.05) is 33.2 Å². The van der Waals surface area contributed by atoms with E-state index in [4.69, 9.17) is 4.52 Å². The monoisotopic (exact) mass is 421 g/mol. The summed E-state index contributed by atoms with van der Waals surface area (Å²) < 4.78 is 32.2. The number of nitrogens with one attached hydrogen (secondary N) is 1. The Bertz CT molecular complexity index is 1010. The highest BCUT2D eigenvalue weighted by Gasteiger charge is 2.18. The summed E-state index contributed by atoms with van der Waals surface area (Å²) in [5.74, 6) is 0.100. The lowest BCUT2D eigenvalue weighted by Gasteiger charge is -2.07. The van der Waals surface area contributed by atoms with Gasteiger partial charge in [0, 0.05) is 22.5 Å². The highest BCUT2D eigenvalue weighted by Crippen LogP contribution is 2.18. The third kappa shape index (κ3) is 3.94. The number of carbonyl (C=O) groups is 1. The minimum absolute atomic E-state index is 0.00272. The van der Waals surface area contributed by atoms with Crippen molar-refractivity contribution in [2.45, 2.75) is 11.8 Å². The molecule has 3 aromatic rings. The van der Waals surface area contributed by atoms with Gasteiger partial charge in [-0.3, -0.25) is 4.79 Å². The minimum atomic E-state index is -3.94. The average Bonchev–Trinajstić information content (AvgIpc) is 3.01. The molecule has 0 unspecified atom stereocenters. The zero-order chi connectivity index (χ0) is 18.0. The average molecular weight is 422 g/mol. The van der Waals surface area contributed by atoms with Crippen LogP contribution in [0.15, 0.2) is 62.4 Å². The third-order valence-electron chi connectivity index (χ3n) is 3.28. The van der Waals surface area contributed by atoms with Crippen molar-refractivity contribution in [1.29, 1.82) is 0 Å². The molecule has 0 aliphatic heterocycles. The predicted molar refractivity (Wildman–Crippen MR) is 93.3 cm³/mol. The number of carbonyl (C=O) groups excluding carboxylic acids is 1. The minimum Gasteiger partial charge on any atom is -0.339 e. The summed E-state index contributed by atoms with van der Waals surface area (Å²) in [6, 6.07) is 12.2. The fraction of sp³-hybridized carbons (Fsp3) is 0.0625. The van der Waals surface area contributed by atoms with Gasteiger partial charge in [-0.05, 0) is 36.4 Å². The first kappa shape index (κ1) is 17.3. The number of nitrogens with zero attached hydrogens (tertiary/aromatic N) is 2. The van der Waals surface area contributed by atoms with Gasteiger partial charge in [0.05, 0.1) is 4.90 Å². The Morgan fingerprint density at radius 1 is 1.08 bits per heavy atom. The van der Waals surface area contributed by atoms with Crippen LogP contribution in [0.4, 0.5) is 0 Å². The number of aryl methyl sites for hydroxylation is 1. The lowest BCUT2D eigenvalue weighted by Crippen LogP contribution is -2.30. The van der Waals surface area contributed by atoms with Crippen LogP contribution in [0.25, 0.3) is 11.4 Å². The lowest BCUT2D eigenvalue weighted by atomic mass is 10.1. The molecule has 128 valence electrons. The Balaban J connectivity index is 1.78. The van der Waals surface area contributed by atoms with Crippen molar-refractivity contribution < 1.29 is 17.7 Å². The van der Waals surface area contributed by atoms with E-state index in [1.807, 2.05) is 4.72 Å². The van der Waals surface area contributed by atoms with Gasteiger partial charge in [0.15, 0.2) is 0 Å². The third-order valence-corrected chi connectivity index (χ3v) is 5.16. The van der Waals surface area contributed by atoms with E-state index in [1.54, 1.807) is 31.2 Å². The molecule has 25 heavy (non-hydrogen) atoms. The van der Waals surface area contributed by atoms with E-state index in [9.17, 15) is 13.2 Å². The molecule has 0 radical (unpaired) electrons. The Labute approximate surface area is 152 Å². The quantitative estimate of drug-likeness (QED) is 0.694. The molecule has 1 N–H and O–H groups in total. The molecule has 1 heterocycles. The maximum atomic E-state index is 12.2. The summed E-state index contributed by atoms with van der Waals surface area (Å²) in [4.78, 5) is 16.3. The SMILES string of the molecule is Cc1nc(-c2ccc(C(=O)NS(=O)(=O)c3ccc(Br)cc3)cc2)no1. The molecule has 9 heteroatoms. The zero-order valence-corrected chi connectivity index (χ0v) is 15.3. The lowest BCUT2D eigenvalue weighted by molar-refractivity contribution is 0.0981. The van der Waals surface area contributed by atoms with Crippen molar-refractivity contribution in [3.05, 3.63) is 64.5 Å². The molecule has 2 aromatic carbocycles. The number of rotatable bonds is 4. The second-order valence-corrected chi connectivity index (χ2v) is 7.70. The van der Waals surface area contributed by atoms with Crippen LogP contribution in [0.1, 0.15) is 16.2 Å². The second-order valence-electron chi connectivity index (χ2n) is 5.10. The van der Waals surface area contributed by atoms with E-state index in [-0.39, 0.29) is 10.5 Å². The van der Waals surface area contributed by atoms with E-state index >= 15 is 0 Å². The van der Waals surface area contributed by atoms with Gasteiger partial charge in [-0.25, -0.2) is 13.1 Å². The van der Waals surface area contributed by atoms with Crippen LogP contribution in [-0.2, 0) is 10.0 Å². The molecular formula is C16H12BrN3O4S. The Hall–Kier alpha value is -2.52. The topological polar surface area (TPSA) is 102 Å². The van der Waals surface area contributed by atoms with E-state index in [0.717, 1.165) is 4.47 Å². The van der Waals surface area contributed by atoms with Crippen LogP contribution < -0.4 is 4.72 Å². The molecule has 0 spiro atoms. The molecule has 0 atom stereocenters. The highest BCUT2D eigenvalue weighted by molar-refractivity contribution is 9.10. The summed E-state index contributed by atoms with van der Waals surface area (Å²) in [6.45, 7) is 1.67. The number of hydrogen-bond donors (Lipinski definition) is 1. The summed E-state index contributed by atoms with van der Waals surface area (Å²) in [5.41, 5.74) is 0.855. The van der Waals surface area contributed by atoms with E-state index in [2.05, 4.69) is 26.1 Å². The number of hydrogen-bond acceptors (Lipinski definition) is 6. The van der Waals surface area contributed by atoms with Gasteiger partial charge < -0.3 is 4.52 Å². The van der Waals surface area contributed by atoms with E-state index in [1.165, 1.54) is 24.3 Å². The van der Waals surface area contributed by atoms with Crippen LogP contribution in [0.5, 0.6) is 0 Å². The first-order chi connectivity index (χ1) is 11.8. The van der Waals surface area contributed by atoms with Gasteiger partial charge in [0.25, 0.3) is 15.9 Å². The Kier molecular flexibility index (Phi) is 4.69. The Morgan fingerprint density at radius 3 is 2.28 bits per heavy atom. The first-order valence-electron chi connectivity index (χ1n) is 7.08. The summed E-state index contributed by atoms with van der Waals surface area (Å²) in [5, 5.41) is 3.78. The largest absolute Gasteiger partial charge is 0.339 e. The maximum absolute atomic E-state index is 12.2. The number of aromatic nitrogens is 2. The number of benzene rings is 2. The first-order valence-corrected chi connectivity index (χ1v) is 9.36. The van der Waals surface area contributed by atoms with Gasteiger partial charge >= 0.3 is 0 Å². The molecular weight excluding hydrogens is 410 g/mol. The van der Waals surface area contributed by atoms with Crippen molar-refractivity contribution in [3.63, 3.8) is 0 Å². The molecule has 0 bridgehead atoms. The summed E-state index contributed by atoms with van der Waals surface area (Å²) in [6.07, 6.45) is 0. The van der Waals surface area contributed by atoms with Gasteiger partial charge in [-0.15, -0.1) is 0 Å². The van der Waals surface area contributed by atoms with Crippen molar-refractivity contribution in [2.75, 3.05) is 0 Å². The van der Waals surface area contributed by atoms with Crippen molar-refractivity contribution >= 4 is 31.9 Å². The summed E-state index contributed by atoms with van der Waals surface area (Å²) >= 11 is 3.23. The number of amides is 1. The second kappa shape index (κ2) is 6.77. The molecule has 0 saturated heterocycles. The fourth-order valence-corrected chi connectivity index (χ4v) is 3.28. The normalized spacial score (nSPS) is 11.3. The van der Waals surface area contributed by atoms with Crippen LogP contribution in [-0.4, -0.2) is 24.5 Å². The molecule has 0 saturated carbocycles. The van der Waals surface area contributed by atoms with Gasteiger partial charge in [0.1, 0.15) is 0 Å². The van der Waals surface area contributed by atoms with Crippen LogP contribution in [0.3, 0.4) is 0 Å². The molecule has 1 amide bonds.